The summed E-state index contributed by atoms with van der Waals surface area (Å²) in [5, 5.41) is 7.88. The summed E-state index contributed by atoms with van der Waals surface area (Å²) in [7, 11) is -4.14. The minimum atomic E-state index is -4.14. The molecular formula is C15H20F2N4O3S. The van der Waals surface area contributed by atoms with Crippen molar-refractivity contribution in [1.29, 1.82) is 0 Å². The molecule has 0 radical (unpaired) electrons. The van der Waals surface area contributed by atoms with Gasteiger partial charge in [0, 0.05) is 12.6 Å². The molecule has 0 saturated heterocycles. The Hall–Kier alpha value is -2.07. The van der Waals surface area contributed by atoms with E-state index >= 15 is 0 Å². The van der Waals surface area contributed by atoms with E-state index in [4.69, 9.17) is 4.74 Å². The van der Waals surface area contributed by atoms with Crippen LogP contribution in [0.2, 0.25) is 0 Å². The molecule has 2 aromatic rings. The highest BCUT2D eigenvalue weighted by Gasteiger charge is 2.25. The molecule has 0 aliphatic rings. The fourth-order valence-electron chi connectivity index (χ4n) is 2.25. The van der Waals surface area contributed by atoms with Crippen molar-refractivity contribution < 1.29 is 21.9 Å². The zero-order valence-electron chi connectivity index (χ0n) is 14.3. The molecule has 1 heterocycles. The van der Waals surface area contributed by atoms with Crippen LogP contribution in [0.3, 0.4) is 0 Å². The number of hydrogen-bond donors (Lipinski definition) is 1. The molecule has 0 saturated carbocycles. The fraction of sp³-hybridized carbons (Fsp3) is 0.467. The summed E-state index contributed by atoms with van der Waals surface area (Å²) >= 11 is 0. The van der Waals surface area contributed by atoms with Gasteiger partial charge < -0.3 is 4.74 Å². The van der Waals surface area contributed by atoms with Gasteiger partial charge in [0.1, 0.15) is 11.6 Å². The smallest absolute Gasteiger partial charge is 0.317 e. The first kappa shape index (κ1) is 19.3. The van der Waals surface area contributed by atoms with E-state index < -0.39 is 32.6 Å². The number of sulfonamides is 1. The largest absolute Gasteiger partial charge is 0.461 e. The molecule has 1 N–H and O–H groups in total. The zero-order valence-corrected chi connectivity index (χ0v) is 15.1. The second-order valence-electron chi connectivity index (χ2n) is 5.70. The molecule has 2 rings (SSSR count). The van der Waals surface area contributed by atoms with Gasteiger partial charge >= 0.3 is 6.01 Å². The normalized spacial score (nSPS) is 13.2. The van der Waals surface area contributed by atoms with Gasteiger partial charge in [-0.15, -0.1) is 5.10 Å². The maximum Gasteiger partial charge on any atom is 0.317 e. The first-order valence-corrected chi connectivity index (χ1v) is 9.20. The number of hydrogen-bond acceptors (Lipinski definition) is 5. The number of benzene rings is 1. The maximum absolute atomic E-state index is 13.3. The van der Waals surface area contributed by atoms with Crippen molar-refractivity contribution in [2.45, 2.75) is 51.3 Å². The highest BCUT2D eigenvalue weighted by molar-refractivity contribution is 7.89. The topological polar surface area (TPSA) is 86.1 Å². The summed E-state index contributed by atoms with van der Waals surface area (Å²) in [6.07, 6.45) is -0.121. The van der Waals surface area contributed by atoms with Crippen molar-refractivity contribution in [2.24, 2.45) is 0 Å². The minimum absolute atomic E-state index is 0.121. The average Bonchev–Trinajstić information content (AvgIpc) is 2.87. The molecule has 0 aliphatic heterocycles. The molecule has 0 fully saturated rings. The monoisotopic (exact) mass is 374 g/mol. The molecule has 0 unspecified atom stereocenters. The Morgan fingerprint density at radius 3 is 2.28 bits per heavy atom. The number of ether oxygens (including phenoxy) is 1. The molecule has 0 spiro atoms. The van der Waals surface area contributed by atoms with E-state index in [1.165, 1.54) is 0 Å². The van der Waals surface area contributed by atoms with Crippen LogP contribution in [0.25, 0.3) is 0 Å². The maximum atomic E-state index is 13.3. The number of aromatic nitrogens is 3. The van der Waals surface area contributed by atoms with Crippen molar-refractivity contribution >= 4 is 10.0 Å². The molecule has 138 valence electrons. The third-order valence-electron chi connectivity index (χ3n) is 3.27. The van der Waals surface area contributed by atoms with Crippen LogP contribution in [0.1, 0.15) is 39.6 Å². The predicted molar refractivity (Wildman–Crippen MR) is 86.6 cm³/mol. The third kappa shape index (κ3) is 4.51. The van der Waals surface area contributed by atoms with Gasteiger partial charge in [0.2, 0.25) is 10.0 Å². The van der Waals surface area contributed by atoms with Gasteiger partial charge in [-0.25, -0.2) is 21.9 Å². The Morgan fingerprint density at radius 1 is 1.16 bits per heavy atom. The van der Waals surface area contributed by atoms with Gasteiger partial charge in [0.15, 0.2) is 5.82 Å². The van der Waals surface area contributed by atoms with Crippen molar-refractivity contribution in [3.8, 4) is 6.01 Å². The lowest BCUT2D eigenvalue weighted by Gasteiger charge is -2.16. The first-order chi connectivity index (χ1) is 11.6. The lowest BCUT2D eigenvalue weighted by atomic mass is 10.3. The van der Waals surface area contributed by atoms with Crippen LogP contribution >= 0.6 is 0 Å². The second kappa shape index (κ2) is 7.44. The van der Waals surface area contributed by atoms with E-state index in [-0.39, 0.29) is 12.1 Å². The Balaban J connectivity index is 2.29. The lowest BCUT2D eigenvalue weighted by Crippen LogP contribution is -2.29. The summed E-state index contributed by atoms with van der Waals surface area (Å²) in [5.74, 6) is -1.62. The molecule has 0 aliphatic carbocycles. The molecule has 0 amide bonds. The van der Waals surface area contributed by atoms with Gasteiger partial charge in [0.25, 0.3) is 0 Å². The Morgan fingerprint density at radius 2 is 1.76 bits per heavy atom. The van der Waals surface area contributed by atoms with Crippen LogP contribution in [0.5, 0.6) is 6.01 Å². The van der Waals surface area contributed by atoms with E-state index in [0.29, 0.717) is 18.4 Å². The molecule has 0 bridgehead atoms. The predicted octanol–water partition coefficient (Wildman–Crippen LogP) is 2.40. The number of nitrogens with zero attached hydrogens (tertiary/aromatic N) is 3. The average molecular weight is 374 g/mol. The van der Waals surface area contributed by atoms with Gasteiger partial charge in [-0.1, -0.05) is 5.10 Å². The second-order valence-corrected chi connectivity index (χ2v) is 7.41. The number of halogens is 2. The molecule has 10 heteroatoms. The van der Waals surface area contributed by atoms with E-state index in [2.05, 4.69) is 14.9 Å². The van der Waals surface area contributed by atoms with Gasteiger partial charge in [-0.05, 0) is 39.8 Å². The third-order valence-corrected chi connectivity index (χ3v) is 4.79. The SMILES string of the molecule is CCn1c(OC(C)C)nnc1[C@@H](C)NS(=O)(=O)c1cc(F)cc(F)c1. The summed E-state index contributed by atoms with van der Waals surface area (Å²) in [5.41, 5.74) is 0. The van der Waals surface area contributed by atoms with Crippen molar-refractivity contribution in [1.82, 2.24) is 19.5 Å². The summed E-state index contributed by atoms with van der Waals surface area (Å²) < 4.78 is 60.8. The highest BCUT2D eigenvalue weighted by atomic mass is 32.2. The Kier molecular flexibility index (Phi) is 5.73. The number of nitrogens with one attached hydrogen (secondary N) is 1. The van der Waals surface area contributed by atoms with E-state index in [1.807, 2.05) is 20.8 Å². The molecular weight excluding hydrogens is 354 g/mol. The summed E-state index contributed by atoms with van der Waals surface area (Å²) in [6.45, 7) is 7.52. The van der Waals surface area contributed by atoms with Crippen molar-refractivity contribution in [2.75, 3.05) is 0 Å². The van der Waals surface area contributed by atoms with Crippen molar-refractivity contribution in [3.63, 3.8) is 0 Å². The summed E-state index contributed by atoms with van der Waals surface area (Å²) in [4.78, 5) is -0.502. The molecule has 7 nitrogen and oxygen atoms in total. The van der Waals surface area contributed by atoms with Crippen LogP contribution in [0.4, 0.5) is 8.78 Å². The van der Waals surface area contributed by atoms with Gasteiger partial charge in [-0.3, -0.25) is 4.57 Å². The standard InChI is InChI=1S/C15H20F2N4O3S/c1-5-21-14(18-19-15(21)24-9(2)3)10(4)20-25(22,23)13-7-11(16)6-12(17)8-13/h6-10,20H,5H2,1-4H3/t10-/m1/s1. The lowest BCUT2D eigenvalue weighted by molar-refractivity contribution is 0.211. The van der Waals surface area contributed by atoms with Crippen LogP contribution < -0.4 is 9.46 Å². The Labute approximate surface area is 145 Å². The molecule has 1 aromatic heterocycles. The van der Waals surface area contributed by atoms with Crippen LogP contribution in [-0.2, 0) is 16.6 Å². The van der Waals surface area contributed by atoms with Crippen LogP contribution in [0.15, 0.2) is 23.1 Å². The van der Waals surface area contributed by atoms with Crippen LogP contribution in [-0.4, -0.2) is 29.3 Å². The van der Waals surface area contributed by atoms with Crippen LogP contribution in [0, 0.1) is 11.6 Å². The zero-order chi connectivity index (χ0) is 18.8. The minimum Gasteiger partial charge on any atom is -0.461 e. The molecule has 25 heavy (non-hydrogen) atoms. The Bertz CT molecular complexity index is 832. The highest BCUT2D eigenvalue weighted by Crippen LogP contribution is 2.21. The van der Waals surface area contributed by atoms with Gasteiger partial charge in [-0.2, -0.15) is 0 Å². The molecule has 1 atom stereocenters. The fourth-order valence-corrected chi connectivity index (χ4v) is 3.50. The molecule has 1 aromatic carbocycles. The first-order valence-electron chi connectivity index (χ1n) is 7.72. The van der Waals surface area contributed by atoms with Gasteiger partial charge in [0.05, 0.1) is 17.0 Å². The number of rotatable bonds is 7. The quantitative estimate of drug-likeness (QED) is 0.804. The van der Waals surface area contributed by atoms with Crippen molar-refractivity contribution in [3.05, 3.63) is 35.7 Å². The summed E-state index contributed by atoms with van der Waals surface area (Å²) in [6, 6.07) is 1.58. The van der Waals surface area contributed by atoms with E-state index in [0.717, 1.165) is 12.1 Å². The van der Waals surface area contributed by atoms with E-state index in [9.17, 15) is 17.2 Å². The van der Waals surface area contributed by atoms with E-state index in [1.54, 1.807) is 11.5 Å².